The number of nitrogen functional groups attached to an aromatic ring is 1. The molecule has 5 nitrogen and oxygen atoms in total. The maximum atomic E-state index is 11.2. The minimum atomic E-state index is -0.293. The van der Waals surface area contributed by atoms with Crippen molar-refractivity contribution in [1.29, 1.82) is 0 Å². The number of rotatable bonds is 3. The van der Waals surface area contributed by atoms with E-state index in [9.17, 15) is 4.79 Å². The molecule has 78 valence electrons. The van der Waals surface area contributed by atoms with Gasteiger partial charge in [0.15, 0.2) is 0 Å². The van der Waals surface area contributed by atoms with E-state index in [1.807, 2.05) is 13.8 Å². The third-order valence-corrected chi connectivity index (χ3v) is 2.02. The third kappa shape index (κ3) is 2.04. The minimum Gasteiger partial charge on any atom is -0.465 e. The molecule has 0 saturated carbocycles. The summed E-state index contributed by atoms with van der Waals surface area (Å²) in [7, 11) is 0. The van der Waals surface area contributed by atoms with E-state index in [2.05, 4.69) is 5.10 Å². The fourth-order valence-electron chi connectivity index (χ4n) is 1.19. The second-order valence-corrected chi connectivity index (χ2v) is 3.05. The van der Waals surface area contributed by atoms with Crippen LogP contribution in [0.3, 0.4) is 0 Å². The summed E-state index contributed by atoms with van der Waals surface area (Å²) in [5, 5.41) is 4.12. The summed E-state index contributed by atoms with van der Waals surface area (Å²) in [4.78, 5) is 11.2. The van der Waals surface area contributed by atoms with Gasteiger partial charge in [0, 0.05) is 0 Å². The second kappa shape index (κ2) is 4.13. The molecule has 2 N–H and O–H groups in total. The van der Waals surface area contributed by atoms with Crippen LogP contribution in [0, 0.1) is 13.8 Å². The van der Waals surface area contributed by atoms with Crippen LogP contribution in [-0.2, 0) is 16.1 Å². The Kier molecular flexibility index (Phi) is 3.11. The zero-order valence-electron chi connectivity index (χ0n) is 8.70. The zero-order valence-corrected chi connectivity index (χ0v) is 8.70. The van der Waals surface area contributed by atoms with Gasteiger partial charge < -0.3 is 10.5 Å². The average Bonchev–Trinajstić information content (AvgIpc) is 2.34. The van der Waals surface area contributed by atoms with Crippen molar-refractivity contribution in [2.24, 2.45) is 0 Å². The Balaban J connectivity index is 2.77. The molecule has 5 heteroatoms. The maximum absolute atomic E-state index is 11.2. The molecular formula is C9H15N3O2. The number of nitrogens with two attached hydrogens (primary N) is 1. The Bertz CT molecular complexity index is 344. The van der Waals surface area contributed by atoms with Crippen molar-refractivity contribution in [3.63, 3.8) is 0 Å². The van der Waals surface area contributed by atoms with Gasteiger partial charge in [0.05, 0.1) is 23.7 Å². The summed E-state index contributed by atoms with van der Waals surface area (Å²) in [6, 6.07) is 0. The highest BCUT2D eigenvalue weighted by atomic mass is 16.5. The molecule has 0 spiro atoms. The van der Waals surface area contributed by atoms with Gasteiger partial charge in [-0.3, -0.25) is 9.48 Å². The van der Waals surface area contributed by atoms with Gasteiger partial charge in [-0.1, -0.05) is 0 Å². The Morgan fingerprint density at radius 2 is 2.21 bits per heavy atom. The molecule has 14 heavy (non-hydrogen) atoms. The first-order chi connectivity index (χ1) is 6.56. The van der Waals surface area contributed by atoms with E-state index in [1.165, 1.54) is 0 Å². The number of nitrogens with zero attached hydrogens (tertiary/aromatic N) is 2. The Labute approximate surface area is 82.8 Å². The number of aryl methyl sites for hydroxylation is 1. The van der Waals surface area contributed by atoms with Gasteiger partial charge >= 0.3 is 5.97 Å². The maximum Gasteiger partial charge on any atom is 0.327 e. The van der Waals surface area contributed by atoms with Gasteiger partial charge in [0.1, 0.15) is 6.54 Å². The molecule has 1 rings (SSSR count). The van der Waals surface area contributed by atoms with Gasteiger partial charge in [-0.2, -0.15) is 5.10 Å². The number of hydrogen-bond acceptors (Lipinski definition) is 4. The van der Waals surface area contributed by atoms with Crippen LogP contribution in [0.15, 0.2) is 0 Å². The minimum absolute atomic E-state index is 0.123. The van der Waals surface area contributed by atoms with Crippen LogP contribution in [0.2, 0.25) is 0 Å². The number of esters is 1. The fraction of sp³-hybridized carbons (Fsp3) is 0.556. The molecule has 0 atom stereocenters. The number of aromatic nitrogens is 2. The first-order valence-corrected chi connectivity index (χ1v) is 4.51. The number of carbonyl (C=O) groups is 1. The van der Waals surface area contributed by atoms with Crippen molar-refractivity contribution in [2.75, 3.05) is 12.3 Å². The molecule has 1 aromatic heterocycles. The van der Waals surface area contributed by atoms with Crippen molar-refractivity contribution in [2.45, 2.75) is 27.3 Å². The van der Waals surface area contributed by atoms with Crippen molar-refractivity contribution < 1.29 is 9.53 Å². The summed E-state index contributed by atoms with van der Waals surface area (Å²) in [5.74, 6) is -0.293. The van der Waals surface area contributed by atoms with E-state index in [0.29, 0.717) is 12.3 Å². The molecule has 0 aliphatic carbocycles. The van der Waals surface area contributed by atoms with Crippen LogP contribution in [0.4, 0.5) is 5.69 Å². The van der Waals surface area contributed by atoms with Gasteiger partial charge in [0.2, 0.25) is 0 Å². The van der Waals surface area contributed by atoms with E-state index in [1.54, 1.807) is 11.6 Å². The van der Waals surface area contributed by atoms with Crippen LogP contribution in [0.1, 0.15) is 18.3 Å². The molecule has 0 unspecified atom stereocenters. The molecule has 0 fully saturated rings. The predicted molar refractivity (Wildman–Crippen MR) is 52.7 cm³/mol. The molecule has 0 aliphatic rings. The first kappa shape index (κ1) is 10.6. The first-order valence-electron chi connectivity index (χ1n) is 4.51. The van der Waals surface area contributed by atoms with Crippen molar-refractivity contribution in [1.82, 2.24) is 9.78 Å². The molecule has 1 heterocycles. The van der Waals surface area contributed by atoms with Crippen LogP contribution >= 0.6 is 0 Å². The summed E-state index contributed by atoms with van der Waals surface area (Å²) in [6.45, 7) is 5.91. The molecular weight excluding hydrogens is 182 g/mol. The third-order valence-electron chi connectivity index (χ3n) is 2.02. The second-order valence-electron chi connectivity index (χ2n) is 3.05. The highest BCUT2D eigenvalue weighted by Gasteiger charge is 2.11. The van der Waals surface area contributed by atoms with Crippen LogP contribution in [-0.4, -0.2) is 22.4 Å². The molecule has 0 aliphatic heterocycles. The van der Waals surface area contributed by atoms with E-state index in [0.717, 1.165) is 11.4 Å². The average molecular weight is 197 g/mol. The lowest BCUT2D eigenvalue weighted by Crippen LogP contribution is -2.15. The van der Waals surface area contributed by atoms with Crippen LogP contribution < -0.4 is 5.73 Å². The Hall–Kier alpha value is -1.52. The molecule has 0 radical (unpaired) electrons. The topological polar surface area (TPSA) is 70.1 Å². The number of hydrogen-bond donors (Lipinski definition) is 1. The lowest BCUT2D eigenvalue weighted by atomic mass is 10.3. The molecule has 0 amide bonds. The molecule has 0 aromatic carbocycles. The summed E-state index contributed by atoms with van der Waals surface area (Å²) >= 11 is 0. The van der Waals surface area contributed by atoms with Crippen LogP contribution in [0.5, 0.6) is 0 Å². The van der Waals surface area contributed by atoms with E-state index < -0.39 is 0 Å². The van der Waals surface area contributed by atoms with E-state index in [4.69, 9.17) is 10.5 Å². The van der Waals surface area contributed by atoms with E-state index >= 15 is 0 Å². The SMILES string of the molecule is CCOC(=O)Cn1nc(C)c(N)c1C. The molecule has 0 bridgehead atoms. The van der Waals surface area contributed by atoms with Crippen molar-refractivity contribution >= 4 is 11.7 Å². The van der Waals surface area contributed by atoms with Crippen molar-refractivity contribution in [3.05, 3.63) is 11.4 Å². The highest BCUT2D eigenvalue weighted by molar-refractivity contribution is 5.69. The monoisotopic (exact) mass is 197 g/mol. The van der Waals surface area contributed by atoms with Gasteiger partial charge in [-0.15, -0.1) is 0 Å². The van der Waals surface area contributed by atoms with Gasteiger partial charge in [-0.05, 0) is 20.8 Å². The molecule has 0 saturated heterocycles. The summed E-state index contributed by atoms with van der Waals surface area (Å²) < 4.78 is 6.37. The zero-order chi connectivity index (χ0) is 10.7. The van der Waals surface area contributed by atoms with Crippen LogP contribution in [0.25, 0.3) is 0 Å². The Morgan fingerprint density at radius 3 is 2.64 bits per heavy atom. The predicted octanol–water partition coefficient (Wildman–Crippen LogP) is 0.645. The summed E-state index contributed by atoms with van der Waals surface area (Å²) in [6.07, 6.45) is 0. The number of ether oxygens (including phenoxy) is 1. The smallest absolute Gasteiger partial charge is 0.327 e. The largest absolute Gasteiger partial charge is 0.465 e. The van der Waals surface area contributed by atoms with Crippen molar-refractivity contribution in [3.8, 4) is 0 Å². The standard InChI is InChI=1S/C9H15N3O2/c1-4-14-8(13)5-12-7(3)9(10)6(2)11-12/h4-5,10H2,1-3H3. The molecule has 1 aromatic rings. The Morgan fingerprint density at radius 1 is 1.57 bits per heavy atom. The van der Waals surface area contributed by atoms with Gasteiger partial charge in [-0.25, -0.2) is 0 Å². The number of anilines is 1. The van der Waals surface area contributed by atoms with E-state index in [-0.39, 0.29) is 12.5 Å². The lowest BCUT2D eigenvalue weighted by Gasteiger charge is -2.03. The highest BCUT2D eigenvalue weighted by Crippen LogP contribution is 2.14. The van der Waals surface area contributed by atoms with Gasteiger partial charge in [0.25, 0.3) is 0 Å². The normalized spacial score (nSPS) is 10.2. The summed E-state index contributed by atoms with van der Waals surface area (Å²) in [5.41, 5.74) is 7.89. The quantitative estimate of drug-likeness (QED) is 0.722. The number of carbonyl (C=O) groups excluding carboxylic acids is 1. The fourth-order valence-corrected chi connectivity index (χ4v) is 1.19. The lowest BCUT2D eigenvalue weighted by molar-refractivity contribution is -0.144.